The molecule has 2 aromatic rings. The number of hydrogen-bond donors (Lipinski definition) is 3. The van der Waals surface area contributed by atoms with Gasteiger partial charge in [0.15, 0.2) is 0 Å². The molecule has 6 nitrogen and oxygen atoms in total. The van der Waals surface area contributed by atoms with Crippen LogP contribution in [0.1, 0.15) is 15.9 Å². The number of nitrogens with zero attached hydrogens (tertiary/aromatic N) is 1. The van der Waals surface area contributed by atoms with E-state index in [1.807, 2.05) is 6.07 Å². The Morgan fingerprint density at radius 3 is 2.67 bits per heavy atom. The molecule has 5 N–H and O–H groups in total. The van der Waals surface area contributed by atoms with Crippen LogP contribution in [0, 0.1) is 11.3 Å². The molecule has 0 aromatic heterocycles. The van der Waals surface area contributed by atoms with Crippen LogP contribution in [0.2, 0.25) is 0 Å². The molecule has 0 aliphatic rings. The summed E-state index contributed by atoms with van der Waals surface area (Å²) in [6.45, 7) is 0. The molecule has 2 rings (SSSR count). The molecule has 0 unspecified atom stereocenters. The summed E-state index contributed by atoms with van der Waals surface area (Å²) in [5, 5.41) is 12.0. The maximum absolute atomic E-state index is 11.3. The molecule has 0 aliphatic heterocycles. The first-order chi connectivity index (χ1) is 10.1. The van der Waals surface area contributed by atoms with Crippen molar-refractivity contribution in [1.29, 1.82) is 5.26 Å². The van der Waals surface area contributed by atoms with Gasteiger partial charge < -0.3 is 21.5 Å². The van der Waals surface area contributed by atoms with E-state index in [4.69, 9.17) is 21.5 Å². The van der Waals surface area contributed by atoms with E-state index in [9.17, 15) is 4.79 Å². The number of nitrogen functional groups attached to an aromatic ring is 1. The predicted molar refractivity (Wildman–Crippen MR) is 80.4 cm³/mol. The highest BCUT2D eigenvalue weighted by Crippen LogP contribution is 2.32. The highest BCUT2D eigenvalue weighted by Gasteiger charge is 2.11. The molecule has 0 heterocycles. The van der Waals surface area contributed by atoms with Gasteiger partial charge in [0.1, 0.15) is 5.75 Å². The summed E-state index contributed by atoms with van der Waals surface area (Å²) in [5.74, 6) is -0.0964. The third-order valence-corrected chi connectivity index (χ3v) is 2.97. The Kier molecular flexibility index (Phi) is 3.95. The zero-order valence-corrected chi connectivity index (χ0v) is 11.4. The maximum atomic E-state index is 11.3. The first-order valence-electron chi connectivity index (χ1n) is 6.10. The van der Waals surface area contributed by atoms with Crippen LogP contribution >= 0.6 is 0 Å². The summed E-state index contributed by atoms with van der Waals surface area (Å²) in [5.41, 5.74) is 13.3. The Labute approximate surface area is 121 Å². The molecule has 0 saturated carbocycles. The number of methoxy groups -OCH3 is 1. The normalized spacial score (nSPS) is 9.71. The highest BCUT2D eigenvalue weighted by atomic mass is 16.5. The summed E-state index contributed by atoms with van der Waals surface area (Å²) < 4.78 is 5.23. The van der Waals surface area contributed by atoms with Crippen LogP contribution in [-0.4, -0.2) is 13.0 Å². The second-order valence-electron chi connectivity index (χ2n) is 4.28. The number of para-hydroxylation sites is 1. The van der Waals surface area contributed by atoms with Gasteiger partial charge in [-0.15, -0.1) is 0 Å². The number of nitriles is 1. The van der Waals surface area contributed by atoms with Crippen molar-refractivity contribution in [3.8, 4) is 11.8 Å². The second kappa shape index (κ2) is 5.84. The average Bonchev–Trinajstić information content (AvgIpc) is 2.49. The number of carbonyl (C=O) groups is 1. The van der Waals surface area contributed by atoms with Gasteiger partial charge in [-0.3, -0.25) is 4.79 Å². The smallest absolute Gasteiger partial charge is 0.250 e. The highest BCUT2D eigenvalue weighted by molar-refractivity contribution is 6.01. The number of primary amides is 1. The van der Waals surface area contributed by atoms with Crippen molar-refractivity contribution in [3.05, 3.63) is 47.5 Å². The van der Waals surface area contributed by atoms with E-state index in [2.05, 4.69) is 5.32 Å². The van der Waals surface area contributed by atoms with E-state index < -0.39 is 5.91 Å². The third kappa shape index (κ3) is 2.87. The van der Waals surface area contributed by atoms with Gasteiger partial charge in [-0.05, 0) is 24.3 Å². The lowest BCUT2D eigenvalue weighted by Gasteiger charge is -2.14. The number of ether oxygens (including phenoxy) is 1. The molecule has 6 heteroatoms. The van der Waals surface area contributed by atoms with E-state index in [0.717, 1.165) is 0 Å². The monoisotopic (exact) mass is 282 g/mol. The minimum Gasteiger partial charge on any atom is -0.495 e. The molecule has 0 bridgehead atoms. The van der Waals surface area contributed by atoms with Gasteiger partial charge in [0, 0.05) is 6.07 Å². The molecule has 0 saturated heterocycles. The van der Waals surface area contributed by atoms with Gasteiger partial charge in [0.2, 0.25) is 0 Å². The van der Waals surface area contributed by atoms with Crippen molar-refractivity contribution >= 4 is 23.0 Å². The number of benzene rings is 2. The van der Waals surface area contributed by atoms with Gasteiger partial charge in [0.25, 0.3) is 5.91 Å². The fraction of sp³-hybridized carbons (Fsp3) is 0.0667. The topological polar surface area (TPSA) is 114 Å². The van der Waals surface area contributed by atoms with Crippen LogP contribution in [0.5, 0.6) is 5.75 Å². The van der Waals surface area contributed by atoms with Crippen molar-refractivity contribution in [1.82, 2.24) is 0 Å². The third-order valence-electron chi connectivity index (χ3n) is 2.97. The van der Waals surface area contributed by atoms with Gasteiger partial charge in [-0.25, -0.2) is 0 Å². The first kappa shape index (κ1) is 14.2. The zero-order valence-electron chi connectivity index (χ0n) is 11.4. The van der Waals surface area contributed by atoms with Crippen LogP contribution in [0.3, 0.4) is 0 Å². The lowest BCUT2D eigenvalue weighted by atomic mass is 10.1. The Morgan fingerprint density at radius 1 is 1.29 bits per heavy atom. The van der Waals surface area contributed by atoms with Gasteiger partial charge in [0.05, 0.1) is 41.4 Å². The molecular weight excluding hydrogens is 268 g/mol. The first-order valence-corrected chi connectivity index (χ1v) is 6.10. The molecule has 0 aliphatic carbocycles. The minimum absolute atomic E-state index is 0.243. The standard InChI is InChI=1S/C15H14N4O2/c1-21-13-7-9(8-16)5-6-11(13)19-12-4-2-3-10(14(12)17)15(18)20/h2-7,19H,17H2,1H3,(H2,18,20). The molecule has 2 aromatic carbocycles. The Balaban J connectivity index is 2.41. The summed E-state index contributed by atoms with van der Waals surface area (Å²) in [4.78, 5) is 11.3. The minimum atomic E-state index is -0.594. The van der Waals surface area contributed by atoms with Crippen molar-refractivity contribution in [2.75, 3.05) is 18.2 Å². The average molecular weight is 282 g/mol. The molecule has 0 radical (unpaired) electrons. The van der Waals surface area contributed by atoms with Crippen LogP contribution in [-0.2, 0) is 0 Å². The SMILES string of the molecule is COc1cc(C#N)ccc1Nc1cccc(C(N)=O)c1N. The lowest BCUT2D eigenvalue weighted by Crippen LogP contribution is -2.14. The summed E-state index contributed by atoms with van der Waals surface area (Å²) >= 11 is 0. The number of hydrogen-bond acceptors (Lipinski definition) is 5. The molecule has 0 atom stereocenters. The van der Waals surface area contributed by atoms with E-state index in [0.29, 0.717) is 22.7 Å². The van der Waals surface area contributed by atoms with Crippen LogP contribution in [0.25, 0.3) is 0 Å². The van der Waals surface area contributed by atoms with Crippen molar-refractivity contribution in [2.45, 2.75) is 0 Å². The van der Waals surface area contributed by atoms with Crippen molar-refractivity contribution in [2.24, 2.45) is 5.73 Å². The molecule has 0 fully saturated rings. The van der Waals surface area contributed by atoms with Gasteiger partial charge in [-0.1, -0.05) is 6.07 Å². The van der Waals surface area contributed by atoms with Gasteiger partial charge >= 0.3 is 0 Å². The Hall–Kier alpha value is -3.20. The zero-order chi connectivity index (χ0) is 15.4. The van der Waals surface area contributed by atoms with Crippen LogP contribution < -0.4 is 21.5 Å². The van der Waals surface area contributed by atoms with E-state index in [-0.39, 0.29) is 11.3 Å². The number of carbonyl (C=O) groups excluding carboxylic acids is 1. The second-order valence-corrected chi connectivity index (χ2v) is 4.28. The summed E-state index contributed by atoms with van der Waals surface area (Å²) in [6.07, 6.45) is 0. The largest absolute Gasteiger partial charge is 0.495 e. The Bertz CT molecular complexity index is 735. The predicted octanol–water partition coefficient (Wildman–Crippen LogP) is 1.99. The number of nitrogens with two attached hydrogens (primary N) is 2. The number of anilines is 3. The lowest BCUT2D eigenvalue weighted by molar-refractivity contribution is 0.100. The quantitative estimate of drug-likeness (QED) is 0.742. The molecule has 1 amide bonds. The fourth-order valence-corrected chi connectivity index (χ4v) is 1.90. The summed E-state index contributed by atoms with van der Waals surface area (Å²) in [7, 11) is 1.50. The van der Waals surface area contributed by atoms with Crippen LogP contribution in [0.15, 0.2) is 36.4 Å². The Morgan fingerprint density at radius 2 is 2.05 bits per heavy atom. The maximum Gasteiger partial charge on any atom is 0.250 e. The van der Waals surface area contributed by atoms with Gasteiger partial charge in [-0.2, -0.15) is 5.26 Å². The van der Waals surface area contributed by atoms with E-state index >= 15 is 0 Å². The fourth-order valence-electron chi connectivity index (χ4n) is 1.90. The van der Waals surface area contributed by atoms with Crippen molar-refractivity contribution in [3.63, 3.8) is 0 Å². The molecule has 21 heavy (non-hydrogen) atoms. The molecular formula is C15H14N4O2. The summed E-state index contributed by atoms with van der Waals surface area (Å²) in [6, 6.07) is 11.9. The number of amides is 1. The number of nitrogens with one attached hydrogen (secondary N) is 1. The van der Waals surface area contributed by atoms with E-state index in [1.165, 1.54) is 7.11 Å². The van der Waals surface area contributed by atoms with E-state index in [1.54, 1.807) is 36.4 Å². The number of rotatable bonds is 4. The van der Waals surface area contributed by atoms with Crippen LogP contribution in [0.4, 0.5) is 17.1 Å². The molecule has 106 valence electrons. The molecule has 0 spiro atoms. The van der Waals surface area contributed by atoms with Crippen molar-refractivity contribution < 1.29 is 9.53 Å².